The molecule has 0 aliphatic rings. The molecule has 0 saturated carbocycles. The summed E-state index contributed by atoms with van der Waals surface area (Å²) in [6.45, 7) is 6.10. The molecule has 0 saturated heterocycles. The molecule has 0 radical (unpaired) electrons. The normalized spacial score (nSPS) is 12.0. The molecule has 1 aromatic heterocycles. The number of hydrogen-bond acceptors (Lipinski definition) is 1. The van der Waals surface area contributed by atoms with Crippen LogP contribution in [-0.2, 0) is 11.2 Å². The number of nitrogens with one attached hydrogen (secondary N) is 1. The Kier molecular flexibility index (Phi) is 5.09. The Labute approximate surface area is 126 Å². The molecule has 110 valence electrons. The number of benzene rings is 1. The van der Waals surface area contributed by atoms with E-state index in [1.54, 1.807) is 0 Å². The fraction of sp³-hybridized carbons (Fsp3) is 0.333. The minimum Gasteiger partial charge on any atom is -0.320 e. The summed E-state index contributed by atoms with van der Waals surface area (Å²) < 4.78 is 1.93. The molecular weight excluding hydrogens is 260 g/mol. The number of rotatable bonds is 5. The number of carbonyl (C=O) groups excluding carboxylic acids is 1. The molecule has 3 heteroatoms. The first kappa shape index (κ1) is 15.2. The lowest BCUT2D eigenvalue weighted by atomic mass is 10.1. The minimum atomic E-state index is -0.234. The Morgan fingerprint density at radius 3 is 2.33 bits per heavy atom. The third kappa shape index (κ3) is 4.15. The number of hydrogen-bond donors (Lipinski definition) is 1. The van der Waals surface area contributed by atoms with Gasteiger partial charge in [-0.1, -0.05) is 31.0 Å². The first-order valence-corrected chi connectivity index (χ1v) is 7.47. The van der Waals surface area contributed by atoms with Crippen LogP contribution in [0.3, 0.4) is 0 Å². The number of anilines is 1. The number of aromatic nitrogens is 1. The highest BCUT2D eigenvalue weighted by Gasteiger charge is 2.21. The second-order valence-electron chi connectivity index (χ2n) is 5.43. The highest BCUT2D eigenvalue weighted by atomic mass is 16.2. The molecule has 1 atom stereocenters. The van der Waals surface area contributed by atoms with Gasteiger partial charge in [0.25, 0.3) is 5.91 Å². The van der Waals surface area contributed by atoms with Gasteiger partial charge >= 0.3 is 0 Å². The van der Waals surface area contributed by atoms with Crippen molar-refractivity contribution in [2.75, 3.05) is 5.32 Å². The zero-order valence-electron chi connectivity index (χ0n) is 13.0. The maximum atomic E-state index is 12.3. The smallest absolute Gasteiger partial charge is 0.293 e. The lowest BCUT2D eigenvalue weighted by molar-refractivity contribution is -0.705. The largest absolute Gasteiger partial charge is 0.320 e. The Morgan fingerprint density at radius 2 is 1.76 bits per heavy atom. The Morgan fingerprint density at radius 1 is 1.14 bits per heavy atom. The molecular formula is C18H23N2O+. The third-order valence-electron chi connectivity index (χ3n) is 3.61. The number of carbonyl (C=O) groups is 1. The van der Waals surface area contributed by atoms with E-state index in [0.29, 0.717) is 0 Å². The summed E-state index contributed by atoms with van der Waals surface area (Å²) >= 11 is 0. The monoisotopic (exact) mass is 283 g/mol. The van der Waals surface area contributed by atoms with Gasteiger partial charge in [0.15, 0.2) is 12.4 Å². The Bertz CT molecular complexity index is 588. The van der Waals surface area contributed by atoms with E-state index >= 15 is 0 Å². The molecule has 3 nitrogen and oxygen atoms in total. The fourth-order valence-corrected chi connectivity index (χ4v) is 2.20. The molecule has 1 N–H and O–H groups in total. The third-order valence-corrected chi connectivity index (χ3v) is 3.61. The first-order chi connectivity index (χ1) is 10.1. The highest BCUT2D eigenvalue weighted by molar-refractivity contribution is 5.92. The Balaban J connectivity index is 2.02. The van der Waals surface area contributed by atoms with Crippen LogP contribution in [0.25, 0.3) is 0 Å². The van der Waals surface area contributed by atoms with Gasteiger partial charge in [0.1, 0.15) is 0 Å². The Hall–Kier alpha value is -2.16. The van der Waals surface area contributed by atoms with Gasteiger partial charge in [0.05, 0.1) is 0 Å². The van der Waals surface area contributed by atoms with Crippen LogP contribution in [0.15, 0.2) is 48.8 Å². The predicted octanol–water partition coefficient (Wildman–Crippen LogP) is 3.43. The van der Waals surface area contributed by atoms with Crippen molar-refractivity contribution in [1.82, 2.24) is 0 Å². The number of amides is 1. The average molecular weight is 283 g/mol. The van der Waals surface area contributed by atoms with Crippen molar-refractivity contribution in [2.45, 2.75) is 39.7 Å². The van der Waals surface area contributed by atoms with Crippen molar-refractivity contribution in [2.24, 2.45) is 0 Å². The molecule has 0 bridgehead atoms. The van der Waals surface area contributed by atoms with Crippen LogP contribution in [-0.4, -0.2) is 5.91 Å². The van der Waals surface area contributed by atoms with Crippen molar-refractivity contribution >= 4 is 11.6 Å². The highest BCUT2D eigenvalue weighted by Crippen LogP contribution is 2.10. The van der Waals surface area contributed by atoms with Crippen LogP contribution in [0.1, 0.15) is 37.4 Å². The predicted molar refractivity (Wildman–Crippen MR) is 85.2 cm³/mol. The van der Waals surface area contributed by atoms with Gasteiger partial charge in [-0.2, -0.15) is 4.57 Å². The summed E-state index contributed by atoms with van der Waals surface area (Å²) in [7, 11) is 0. The number of aryl methyl sites for hydroxylation is 2. The van der Waals surface area contributed by atoms with Gasteiger partial charge in [-0.05, 0) is 31.0 Å². The lowest BCUT2D eigenvalue weighted by Gasteiger charge is -2.09. The van der Waals surface area contributed by atoms with Crippen LogP contribution < -0.4 is 9.88 Å². The van der Waals surface area contributed by atoms with Crippen molar-refractivity contribution in [1.29, 1.82) is 0 Å². The summed E-state index contributed by atoms with van der Waals surface area (Å²) in [5.41, 5.74) is 3.32. The lowest BCUT2D eigenvalue weighted by Crippen LogP contribution is -2.44. The summed E-state index contributed by atoms with van der Waals surface area (Å²) in [5.74, 6) is -0.00732. The van der Waals surface area contributed by atoms with E-state index in [0.717, 1.165) is 18.5 Å². The zero-order chi connectivity index (χ0) is 15.2. The summed E-state index contributed by atoms with van der Waals surface area (Å²) in [4.78, 5) is 12.3. The van der Waals surface area contributed by atoms with E-state index in [2.05, 4.69) is 24.4 Å². The van der Waals surface area contributed by atoms with Gasteiger partial charge < -0.3 is 5.32 Å². The quantitative estimate of drug-likeness (QED) is 0.838. The van der Waals surface area contributed by atoms with Crippen molar-refractivity contribution in [3.05, 3.63) is 59.9 Å². The van der Waals surface area contributed by atoms with Gasteiger partial charge in [-0.25, -0.2) is 0 Å². The van der Waals surface area contributed by atoms with E-state index in [1.807, 2.05) is 55.1 Å². The molecule has 1 aromatic carbocycles. The number of pyridine rings is 1. The topological polar surface area (TPSA) is 33.0 Å². The molecule has 2 aromatic rings. The van der Waals surface area contributed by atoms with Gasteiger partial charge in [-0.15, -0.1) is 0 Å². The van der Waals surface area contributed by atoms with E-state index in [-0.39, 0.29) is 11.9 Å². The molecule has 0 aliphatic heterocycles. The second kappa shape index (κ2) is 7.02. The summed E-state index contributed by atoms with van der Waals surface area (Å²) in [5, 5.41) is 2.95. The van der Waals surface area contributed by atoms with Crippen LogP contribution in [0.2, 0.25) is 0 Å². The first-order valence-electron chi connectivity index (χ1n) is 7.47. The van der Waals surface area contributed by atoms with Crippen LogP contribution in [0, 0.1) is 6.92 Å². The van der Waals surface area contributed by atoms with E-state index in [4.69, 9.17) is 0 Å². The van der Waals surface area contributed by atoms with Gasteiger partial charge in [0.2, 0.25) is 6.04 Å². The maximum Gasteiger partial charge on any atom is 0.293 e. The molecule has 0 spiro atoms. The number of nitrogens with zero attached hydrogens (tertiary/aromatic N) is 1. The molecule has 0 fully saturated rings. The van der Waals surface area contributed by atoms with Crippen molar-refractivity contribution in [3.8, 4) is 0 Å². The SMILES string of the molecule is CCCc1cc[n+]([C@@H](C)C(=O)Nc2ccc(C)cc2)cc1. The summed E-state index contributed by atoms with van der Waals surface area (Å²) in [6.07, 6.45) is 6.16. The molecule has 1 amide bonds. The molecule has 21 heavy (non-hydrogen) atoms. The molecule has 0 unspecified atom stereocenters. The maximum absolute atomic E-state index is 12.3. The van der Waals surface area contributed by atoms with Crippen LogP contribution >= 0.6 is 0 Å². The van der Waals surface area contributed by atoms with Gasteiger partial charge in [-0.3, -0.25) is 4.79 Å². The van der Waals surface area contributed by atoms with Crippen molar-refractivity contribution < 1.29 is 9.36 Å². The molecule has 1 heterocycles. The van der Waals surface area contributed by atoms with Crippen molar-refractivity contribution in [3.63, 3.8) is 0 Å². The van der Waals surface area contributed by atoms with E-state index < -0.39 is 0 Å². The van der Waals surface area contributed by atoms with Crippen LogP contribution in [0.5, 0.6) is 0 Å². The van der Waals surface area contributed by atoms with Gasteiger partial charge in [0, 0.05) is 24.7 Å². The second-order valence-corrected chi connectivity index (χ2v) is 5.43. The average Bonchev–Trinajstić information content (AvgIpc) is 2.50. The van der Waals surface area contributed by atoms with E-state index in [1.165, 1.54) is 11.1 Å². The zero-order valence-corrected chi connectivity index (χ0v) is 13.0. The molecule has 0 aliphatic carbocycles. The fourth-order valence-electron chi connectivity index (χ4n) is 2.20. The molecule has 2 rings (SSSR count). The van der Waals surface area contributed by atoms with E-state index in [9.17, 15) is 4.79 Å². The standard InChI is InChI=1S/C18H22N2O/c1-4-5-16-10-12-20(13-11-16)15(3)18(21)19-17-8-6-14(2)7-9-17/h6-13,15H,4-5H2,1-3H3/p+1/t15-/m0/s1. The minimum absolute atomic E-state index is 0.00732. The van der Waals surface area contributed by atoms with Crippen LogP contribution in [0.4, 0.5) is 5.69 Å². The summed E-state index contributed by atoms with van der Waals surface area (Å²) in [6, 6.07) is 11.8.